The summed E-state index contributed by atoms with van der Waals surface area (Å²) in [5.41, 5.74) is 5.85. The molecule has 2 aliphatic rings. The maximum atomic E-state index is 11.7. The van der Waals surface area contributed by atoms with Gasteiger partial charge in [-0.25, -0.2) is 0 Å². The van der Waals surface area contributed by atoms with Gasteiger partial charge in [-0.15, -0.1) is 0 Å². The maximum Gasteiger partial charge on any atom is 0.289 e. The average molecular weight is 212 g/mol. The molecular formula is C10H16N2O3. The van der Waals surface area contributed by atoms with Crippen molar-refractivity contribution in [1.82, 2.24) is 5.32 Å². The predicted molar refractivity (Wildman–Crippen MR) is 53.7 cm³/mol. The van der Waals surface area contributed by atoms with Gasteiger partial charge in [0, 0.05) is 12.1 Å². The van der Waals surface area contributed by atoms with E-state index in [1.54, 1.807) is 0 Å². The van der Waals surface area contributed by atoms with Crippen molar-refractivity contribution in [2.24, 2.45) is 5.73 Å². The van der Waals surface area contributed by atoms with Gasteiger partial charge in [0.25, 0.3) is 5.91 Å². The average Bonchev–Trinajstić information content (AvgIpc) is 2.66. The molecule has 0 spiro atoms. The molecule has 0 aromatic rings. The first-order chi connectivity index (χ1) is 7.27. The Morgan fingerprint density at radius 1 is 1.47 bits per heavy atom. The third-order valence-corrected chi connectivity index (χ3v) is 2.76. The lowest BCUT2D eigenvalue weighted by Gasteiger charge is -2.20. The summed E-state index contributed by atoms with van der Waals surface area (Å²) in [6.45, 7) is 0.926. The van der Waals surface area contributed by atoms with E-state index in [2.05, 4.69) is 5.32 Å². The Hall–Kier alpha value is -1.23. The van der Waals surface area contributed by atoms with E-state index in [4.69, 9.17) is 15.2 Å². The first-order valence-corrected chi connectivity index (χ1v) is 5.28. The molecule has 1 amide bonds. The number of carbonyl (C=O) groups excluding carboxylic acids is 1. The molecule has 1 aliphatic heterocycles. The van der Waals surface area contributed by atoms with Gasteiger partial charge in [-0.1, -0.05) is 0 Å². The number of carbonyl (C=O) groups is 1. The summed E-state index contributed by atoms with van der Waals surface area (Å²) in [5.74, 6) is 0.0254. The van der Waals surface area contributed by atoms with Crippen LogP contribution in [0.2, 0.25) is 0 Å². The number of hydrogen-bond donors (Lipinski definition) is 2. The molecule has 0 radical (unpaired) electrons. The SMILES string of the molecule is NC1CCCC1NC(=O)C1=COCCO1. The molecule has 0 bridgehead atoms. The summed E-state index contributed by atoms with van der Waals surface area (Å²) in [5, 5.41) is 2.86. The van der Waals surface area contributed by atoms with Gasteiger partial charge >= 0.3 is 0 Å². The normalized spacial score (nSPS) is 30.1. The minimum absolute atomic E-state index is 0.0686. The number of nitrogens with two attached hydrogens (primary N) is 1. The number of nitrogens with one attached hydrogen (secondary N) is 1. The third kappa shape index (κ3) is 2.41. The second-order valence-electron chi connectivity index (χ2n) is 3.88. The van der Waals surface area contributed by atoms with Crippen LogP contribution in [0, 0.1) is 0 Å². The zero-order valence-electron chi connectivity index (χ0n) is 8.57. The molecule has 0 aromatic heterocycles. The second-order valence-corrected chi connectivity index (χ2v) is 3.88. The van der Waals surface area contributed by atoms with Crippen LogP contribution < -0.4 is 11.1 Å². The molecular weight excluding hydrogens is 196 g/mol. The van der Waals surface area contributed by atoms with Gasteiger partial charge in [-0.3, -0.25) is 4.79 Å². The van der Waals surface area contributed by atoms with E-state index in [0.29, 0.717) is 13.2 Å². The van der Waals surface area contributed by atoms with Crippen LogP contribution in [0.1, 0.15) is 19.3 Å². The molecule has 3 N–H and O–H groups in total. The van der Waals surface area contributed by atoms with Gasteiger partial charge in [0.1, 0.15) is 19.5 Å². The number of rotatable bonds is 2. The minimum Gasteiger partial charge on any atom is -0.494 e. The van der Waals surface area contributed by atoms with Crippen LogP contribution in [0.4, 0.5) is 0 Å². The predicted octanol–water partition coefficient (Wildman–Crippen LogP) is -0.129. The van der Waals surface area contributed by atoms with Crippen molar-refractivity contribution in [3.05, 3.63) is 12.0 Å². The zero-order chi connectivity index (χ0) is 10.7. The van der Waals surface area contributed by atoms with Gasteiger partial charge in [-0.2, -0.15) is 0 Å². The molecule has 2 atom stereocenters. The zero-order valence-corrected chi connectivity index (χ0v) is 8.57. The topological polar surface area (TPSA) is 73.6 Å². The fraction of sp³-hybridized carbons (Fsp3) is 0.700. The van der Waals surface area contributed by atoms with E-state index in [1.807, 2.05) is 0 Å². The molecule has 0 saturated heterocycles. The quantitative estimate of drug-likeness (QED) is 0.668. The summed E-state index contributed by atoms with van der Waals surface area (Å²) in [6, 6.07) is 0.142. The fourth-order valence-electron chi connectivity index (χ4n) is 1.89. The van der Waals surface area contributed by atoms with Crippen molar-refractivity contribution in [1.29, 1.82) is 0 Å². The van der Waals surface area contributed by atoms with Crippen LogP contribution in [0.25, 0.3) is 0 Å². The highest BCUT2D eigenvalue weighted by Gasteiger charge is 2.27. The third-order valence-electron chi connectivity index (χ3n) is 2.76. The van der Waals surface area contributed by atoms with Crippen molar-refractivity contribution in [2.45, 2.75) is 31.3 Å². The molecule has 1 aliphatic carbocycles. The standard InChI is InChI=1S/C10H16N2O3/c11-7-2-1-3-8(7)12-10(13)9-6-14-4-5-15-9/h6-8H,1-5,11H2,(H,12,13). The van der Waals surface area contributed by atoms with Gasteiger partial charge in [0.05, 0.1) is 0 Å². The Balaban J connectivity index is 1.88. The van der Waals surface area contributed by atoms with Gasteiger partial charge in [0.2, 0.25) is 5.76 Å². The van der Waals surface area contributed by atoms with Crippen molar-refractivity contribution < 1.29 is 14.3 Å². The first-order valence-electron chi connectivity index (χ1n) is 5.28. The van der Waals surface area contributed by atoms with Gasteiger partial charge in [-0.05, 0) is 19.3 Å². The molecule has 5 nitrogen and oxygen atoms in total. The highest BCUT2D eigenvalue weighted by Crippen LogP contribution is 2.17. The number of amides is 1. The van der Waals surface area contributed by atoms with Gasteiger partial charge in [0.15, 0.2) is 0 Å². The number of ether oxygens (including phenoxy) is 2. The van der Waals surface area contributed by atoms with E-state index in [-0.39, 0.29) is 23.8 Å². The van der Waals surface area contributed by atoms with Crippen LogP contribution in [0.5, 0.6) is 0 Å². The van der Waals surface area contributed by atoms with Crippen LogP contribution in [0.15, 0.2) is 12.0 Å². The van der Waals surface area contributed by atoms with Crippen LogP contribution in [-0.2, 0) is 14.3 Å². The summed E-state index contributed by atoms with van der Waals surface area (Å²) in [6.07, 6.45) is 4.35. The Labute approximate surface area is 88.6 Å². The molecule has 5 heteroatoms. The second kappa shape index (κ2) is 4.53. The van der Waals surface area contributed by atoms with Crippen molar-refractivity contribution in [2.75, 3.05) is 13.2 Å². The minimum atomic E-state index is -0.225. The summed E-state index contributed by atoms with van der Waals surface area (Å²) >= 11 is 0. The molecule has 0 aromatic carbocycles. The van der Waals surface area contributed by atoms with Crippen LogP contribution >= 0.6 is 0 Å². The monoisotopic (exact) mass is 212 g/mol. The Morgan fingerprint density at radius 3 is 2.93 bits per heavy atom. The molecule has 84 valence electrons. The van der Waals surface area contributed by atoms with E-state index >= 15 is 0 Å². The molecule has 2 unspecified atom stereocenters. The Bertz CT molecular complexity index is 278. The first kappa shape index (κ1) is 10.3. The van der Waals surface area contributed by atoms with E-state index in [0.717, 1.165) is 19.3 Å². The summed E-state index contributed by atoms with van der Waals surface area (Å²) < 4.78 is 10.2. The lowest BCUT2D eigenvalue weighted by Crippen LogP contribution is -2.45. The largest absolute Gasteiger partial charge is 0.494 e. The van der Waals surface area contributed by atoms with Crippen LogP contribution in [-0.4, -0.2) is 31.2 Å². The van der Waals surface area contributed by atoms with Crippen molar-refractivity contribution in [3.63, 3.8) is 0 Å². The maximum absolute atomic E-state index is 11.7. The summed E-state index contributed by atoms with van der Waals surface area (Å²) in [7, 11) is 0. The van der Waals surface area contributed by atoms with Crippen molar-refractivity contribution in [3.8, 4) is 0 Å². The Kier molecular flexibility index (Phi) is 3.11. The van der Waals surface area contributed by atoms with E-state index < -0.39 is 0 Å². The smallest absolute Gasteiger partial charge is 0.289 e. The number of hydrogen-bond acceptors (Lipinski definition) is 4. The molecule has 2 rings (SSSR count). The van der Waals surface area contributed by atoms with E-state index in [9.17, 15) is 4.79 Å². The molecule has 1 saturated carbocycles. The van der Waals surface area contributed by atoms with Crippen molar-refractivity contribution >= 4 is 5.91 Å². The molecule has 1 heterocycles. The van der Waals surface area contributed by atoms with Crippen LogP contribution in [0.3, 0.4) is 0 Å². The Morgan fingerprint density at radius 2 is 2.33 bits per heavy atom. The van der Waals surface area contributed by atoms with E-state index in [1.165, 1.54) is 6.26 Å². The lowest BCUT2D eigenvalue weighted by molar-refractivity contribution is -0.123. The highest BCUT2D eigenvalue weighted by atomic mass is 16.6. The summed E-state index contributed by atoms with van der Waals surface area (Å²) in [4.78, 5) is 11.7. The lowest BCUT2D eigenvalue weighted by atomic mass is 10.2. The molecule has 15 heavy (non-hydrogen) atoms. The highest BCUT2D eigenvalue weighted by molar-refractivity contribution is 5.91. The van der Waals surface area contributed by atoms with Gasteiger partial charge < -0.3 is 20.5 Å². The molecule has 1 fully saturated rings. The fourth-order valence-corrected chi connectivity index (χ4v) is 1.89.